The van der Waals surface area contributed by atoms with Gasteiger partial charge in [0.1, 0.15) is 0 Å². The molecule has 1 aliphatic heterocycles. The van der Waals surface area contributed by atoms with Crippen LogP contribution in [0.2, 0.25) is 0 Å². The van der Waals surface area contributed by atoms with Gasteiger partial charge >= 0.3 is 0 Å². The van der Waals surface area contributed by atoms with Crippen molar-refractivity contribution in [3.8, 4) is 0 Å². The quantitative estimate of drug-likeness (QED) is 0.809. The Labute approximate surface area is 163 Å². The van der Waals surface area contributed by atoms with Crippen molar-refractivity contribution < 1.29 is 0 Å². The van der Waals surface area contributed by atoms with Gasteiger partial charge in [0.05, 0.1) is 5.69 Å². The van der Waals surface area contributed by atoms with E-state index in [1.165, 1.54) is 11.3 Å². The van der Waals surface area contributed by atoms with Gasteiger partial charge in [0, 0.05) is 58.1 Å². The second-order valence-corrected chi connectivity index (χ2v) is 7.87. The first-order chi connectivity index (χ1) is 13.0. The Morgan fingerprint density at radius 1 is 0.963 bits per heavy atom. The van der Waals surface area contributed by atoms with Crippen molar-refractivity contribution >= 4 is 11.4 Å². The molecule has 3 rings (SSSR count). The summed E-state index contributed by atoms with van der Waals surface area (Å²) in [5.74, 6) is 0.401. The van der Waals surface area contributed by atoms with Gasteiger partial charge < -0.3 is 9.80 Å². The molecular weight excluding hydrogens is 334 g/mol. The van der Waals surface area contributed by atoms with E-state index >= 15 is 0 Å². The predicted octanol–water partition coefficient (Wildman–Crippen LogP) is 3.56. The lowest BCUT2D eigenvalue weighted by Gasteiger charge is -2.36. The zero-order valence-electron chi connectivity index (χ0n) is 17.0. The van der Waals surface area contributed by atoms with E-state index in [-0.39, 0.29) is 5.43 Å². The SMILES string of the molecule is CC(C)c1ccc(CN2CCN(c3ccccc3)CC2)c(=O)c(N(C)C)c1. The molecule has 0 atom stereocenters. The summed E-state index contributed by atoms with van der Waals surface area (Å²) in [6, 6.07) is 16.8. The molecule has 0 saturated carbocycles. The molecule has 1 aliphatic rings. The second-order valence-electron chi connectivity index (χ2n) is 7.87. The molecule has 1 saturated heterocycles. The van der Waals surface area contributed by atoms with Crippen molar-refractivity contribution in [3.05, 3.63) is 69.9 Å². The van der Waals surface area contributed by atoms with Gasteiger partial charge in [0.25, 0.3) is 0 Å². The Bertz CT molecular complexity index is 809. The first-order valence-electron chi connectivity index (χ1n) is 9.82. The molecule has 4 nitrogen and oxygen atoms in total. The maximum Gasteiger partial charge on any atom is 0.206 e. The number of nitrogens with zero attached hydrogens (tertiary/aromatic N) is 3. The van der Waals surface area contributed by atoms with Gasteiger partial charge in [-0.05, 0) is 29.7 Å². The molecule has 0 unspecified atom stereocenters. The zero-order chi connectivity index (χ0) is 19.4. The average Bonchev–Trinajstić information content (AvgIpc) is 2.83. The maximum atomic E-state index is 13.1. The Morgan fingerprint density at radius 2 is 1.63 bits per heavy atom. The van der Waals surface area contributed by atoms with Crippen LogP contribution in [0.4, 0.5) is 11.4 Å². The van der Waals surface area contributed by atoms with E-state index in [1.807, 2.05) is 31.1 Å². The number of anilines is 2. The molecule has 144 valence electrons. The molecule has 0 aromatic heterocycles. The number of benzene rings is 1. The van der Waals surface area contributed by atoms with Crippen LogP contribution in [-0.4, -0.2) is 45.2 Å². The van der Waals surface area contributed by atoms with Crippen LogP contribution in [0, 0.1) is 0 Å². The maximum absolute atomic E-state index is 13.1. The van der Waals surface area contributed by atoms with Crippen molar-refractivity contribution in [3.63, 3.8) is 0 Å². The van der Waals surface area contributed by atoms with Crippen molar-refractivity contribution in [2.75, 3.05) is 50.1 Å². The molecule has 0 bridgehead atoms. The third kappa shape index (κ3) is 4.69. The van der Waals surface area contributed by atoms with Gasteiger partial charge in [-0.15, -0.1) is 0 Å². The Balaban J connectivity index is 1.75. The van der Waals surface area contributed by atoms with Gasteiger partial charge in [-0.1, -0.05) is 44.2 Å². The van der Waals surface area contributed by atoms with Crippen LogP contribution in [0.5, 0.6) is 0 Å². The van der Waals surface area contributed by atoms with Gasteiger partial charge in [0.15, 0.2) is 0 Å². The topological polar surface area (TPSA) is 26.8 Å². The fourth-order valence-corrected chi connectivity index (χ4v) is 3.57. The Hall–Kier alpha value is -2.33. The molecular formula is C23H31N3O. The molecule has 1 heterocycles. The monoisotopic (exact) mass is 365 g/mol. The lowest BCUT2D eigenvalue weighted by Crippen LogP contribution is -2.46. The highest BCUT2D eigenvalue weighted by atomic mass is 16.1. The molecule has 2 aromatic rings. The lowest BCUT2D eigenvalue weighted by molar-refractivity contribution is 0.249. The number of para-hydroxylation sites is 1. The molecule has 0 radical (unpaired) electrons. The summed E-state index contributed by atoms with van der Waals surface area (Å²) in [5, 5.41) is 0. The molecule has 0 spiro atoms. The third-order valence-corrected chi connectivity index (χ3v) is 5.34. The van der Waals surface area contributed by atoms with Crippen molar-refractivity contribution in [1.82, 2.24) is 4.90 Å². The summed E-state index contributed by atoms with van der Waals surface area (Å²) in [4.78, 5) is 19.8. The normalized spacial score (nSPS) is 15.2. The summed E-state index contributed by atoms with van der Waals surface area (Å²) in [5.41, 5.74) is 4.30. The summed E-state index contributed by atoms with van der Waals surface area (Å²) < 4.78 is 0. The Morgan fingerprint density at radius 3 is 2.22 bits per heavy atom. The van der Waals surface area contributed by atoms with Gasteiger partial charge in [-0.3, -0.25) is 9.69 Å². The minimum Gasteiger partial charge on any atom is -0.374 e. The van der Waals surface area contributed by atoms with E-state index in [0.717, 1.165) is 37.4 Å². The van der Waals surface area contributed by atoms with E-state index in [9.17, 15) is 4.79 Å². The van der Waals surface area contributed by atoms with Crippen LogP contribution in [0.25, 0.3) is 0 Å². The third-order valence-electron chi connectivity index (χ3n) is 5.34. The summed E-state index contributed by atoms with van der Waals surface area (Å²) in [6.45, 7) is 8.99. The largest absolute Gasteiger partial charge is 0.374 e. The number of rotatable bonds is 5. The molecule has 0 N–H and O–H groups in total. The van der Waals surface area contributed by atoms with Crippen LogP contribution < -0.4 is 15.2 Å². The molecule has 0 amide bonds. The van der Waals surface area contributed by atoms with Gasteiger partial charge in [0.2, 0.25) is 5.43 Å². The zero-order valence-corrected chi connectivity index (χ0v) is 17.0. The van der Waals surface area contributed by atoms with E-state index < -0.39 is 0 Å². The summed E-state index contributed by atoms with van der Waals surface area (Å²) >= 11 is 0. The number of hydrogen-bond acceptors (Lipinski definition) is 4. The van der Waals surface area contributed by atoms with Crippen LogP contribution >= 0.6 is 0 Å². The van der Waals surface area contributed by atoms with E-state index in [1.54, 1.807) is 0 Å². The Kier molecular flexibility index (Phi) is 6.17. The minimum atomic E-state index is 0.150. The fraction of sp³-hybridized carbons (Fsp3) is 0.435. The van der Waals surface area contributed by atoms with Crippen molar-refractivity contribution in [1.29, 1.82) is 0 Å². The highest BCUT2D eigenvalue weighted by Gasteiger charge is 2.19. The summed E-state index contributed by atoms with van der Waals surface area (Å²) in [6.07, 6.45) is 0. The predicted molar refractivity (Wildman–Crippen MR) is 115 cm³/mol. The molecule has 1 fully saturated rings. The fourth-order valence-electron chi connectivity index (χ4n) is 3.57. The molecule has 2 aromatic carbocycles. The molecule has 4 heteroatoms. The molecule has 27 heavy (non-hydrogen) atoms. The number of hydrogen-bond donors (Lipinski definition) is 0. The van der Waals surface area contributed by atoms with Crippen molar-refractivity contribution in [2.24, 2.45) is 0 Å². The van der Waals surface area contributed by atoms with Crippen molar-refractivity contribution in [2.45, 2.75) is 26.3 Å². The number of piperazine rings is 1. The van der Waals surface area contributed by atoms with Crippen LogP contribution in [0.3, 0.4) is 0 Å². The minimum absolute atomic E-state index is 0.150. The lowest BCUT2D eigenvalue weighted by atomic mass is 10.1. The smallest absolute Gasteiger partial charge is 0.206 e. The van der Waals surface area contributed by atoms with Crippen LogP contribution in [0.1, 0.15) is 30.9 Å². The molecule has 0 aliphatic carbocycles. The van der Waals surface area contributed by atoms with E-state index in [4.69, 9.17) is 0 Å². The first-order valence-corrected chi connectivity index (χ1v) is 9.82. The van der Waals surface area contributed by atoms with Crippen LogP contribution in [-0.2, 0) is 6.54 Å². The highest BCUT2D eigenvalue weighted by Crippen LogP contribution is 2.19. The summed E-state index contributed by atoms with van der Waals surface area (Å²) in [7, 11) is 3.90. The standard InChI is InChI=1S/C23H31N3O/c1-18(2)19-10-11-20(23(27)22(16-19)24(3)4)17-25-12-14-26(15-13-25)21-8-6-5-7-9-21/h5-11,16,18H,12-15,17H2,1-4H3. The van der Waals surface area contributed by atoms with Gasteiger partial charge in [-0.2, -0.15) is 0 Å². The van der Waals surface area contributed by atoms with Gasteiger partial charge in [-0.25, -0.2) is 0 Å². The second kappa shape index (κ2) is 8.57. The van der Waals surface area contributed by atoms with E-state index in [2.05, 4.69) is 60.0 Å². The first kappa shape index (κ1) is 19.4. The van der Waals surface area contributed by atoms with E-state index in [0.29, 0.717) is 12.5 Å². The highest BCUT2D eigenvalue weighted by molar-refractivity contribution is 5.49. The van der Waals surface area contributed by atoms with Crippen LogP contribution in [0.15, 0.2) is 53.3 Å². The average molecular weight is 366 g/mol.